The molecule has 372 valence electrons. The van der Waals surface area contributed by atoms with Crippen molar-refractivity contribution in [2.75, 3.05) is 48.3 Å². The zero-order valence-corrected chi connectivity index (χ0v) is 42.9. The lowest BCUT2D eigenvalue weighted by atomic mass is 9.85. The molecule has 70 heavy (non-hydrogen) atoms. The highest BCUT2D eigenvalue weighted by molar-refractivity contribution is 7.17. The summed E-state index contributed by atoms with van der Waals surface area (Å²) in [6, 6.07) is 13.4. The predicted molar refractivity (Wildman–Crippen MR) is 274 cm³/mol. The van der Waals surface area contributed by atoms with Gasteiger partial charge in [0.05, 0.1) is 39.1 Å². The molecule has 0 radical (unpaired) electrons. The number of anilines is 4. The summed E-state index contributed by atoms with van der Waals surface area (Å²) in [7, 11) is 0. The standard InChI is InChI=1S/C50H62ClN11O6S2/c1-30-12-11-13-36(51)43(30)59-47(67)38-27-53-49(70-38)57-39-25-40(56-32(3)55-39)60-20-22-61(23-21-60)42(65)15-10-8-7-9-14-41(64)58-45(50(4,5)6)48(68)62-28-35(63)24-37(62)46(66)52-26-33-16-18-34(19-17-33)44-31(2)54-29-69-44/h11-13,16-19,25,27,29,35,37,45,63H,7-10,14-15,20-24,26,28H2,1-6H3,(H,52,66)(H,58,64)(H,59,67)(H,53,55,56,57)/t35-,37+,45?/m1/s1. The average molecular weight is 1010 g/mol. The maximum atomic E-state index is 14.1. The van der Waals surface area contributed by atoms with E-state index in [1.807, 2.05) is 94.4 Å². The first kappa shape index (κ1) is 51.8. The molecule has 2 aromatic carbocycles. The third-order valence-corrected chi connectivity index (χ3v) is 14.7. The number of rotatable bonds is 18. The first-order valence-corrected chi connectivity index (χ1v) is 25.7. The smallest absolute Gasteiger partial charge is 0.267 e. The molecule has 2 fully saturated rings. The highest BCUT2D eigenvalue weighted by Crippen LogP contribution is 2.31. The van der Waals surface area contributed by atoms with E-state index in [4.69, 9.17) is 11.6 Å². The van der Waals surface area contributed by atoms with Crippen molar-refractivity contribution >= 4 is 86.3 Å². The van der Waals surface area contributed by atoms with Gasteiger partial charge in [0.15, 0.2) is 5.13 Å². The van der Waals surface area contributed by atoms with Gasteiger partial charge in [0.2, 0.25) is 23.6 Å². The van der Waals surface area contributed by atoms with Crippen LogP contribution in [0.15, 0.2) is 60.2 Å². The number of thiazole rings is 2. The Kier molecular flexibility index (Phi) is 17.2. The lowest BCUT2D eigenvalue weighted by Gasteiger charge is -2.35. The molecule has 0 bridgehead atoms. The molecule has 3 atom stereocenters. The molecule has 0 spiro atoms. The van der Waals surface area contributed by atoms with Gasteiger partial charge in [0.1, 0.15) is 34.4 Å². The number of β-amino-alcohol motifs (C(OH)–C–C–N with tert-alkyl or cyclic N) is 1. The van der Waals surface area contributed by atoms with Crippen LogP contribution < -0.4 is 26.2 Å². The van der Waals surface area contributed by atoms with E-state index in [1.165, 1.54) is 22.4 Å². The third kappa shape index (κ3) is 13.4. The van der Waals surface area contributed by atoms with Gasteiger partial charge < -0.3 is 41.1 Å². The molecular formula is C50H62ClN11O6S2. The van der Waals surface area contributed by atoms with E-state index in [0.717, 1.165) is 45.9 Å². The van der Waals surface area contributed by atoms with Crippen LogP contribution in [0.2, 0.25) is 5.02 Å². The van der Waals surface area contributed by atoms with E-state index < -0.39 is 29.5 Å². The molecule has 7 rings (SSSR count). The Hall–Kier alpha value is -6.02. The number of carbonyl (C=O) groups is 5. The van der Waals surface area contributed by atoms with Crippen LogP contribution in [0.5, 0.6) is 0 Å². The van der Waals surface area contributed by atoms with Gasteiger partial charge in [0.25, 0.3) is 5.91 Å². The van der Waals surface area contributed by atoms with Crippen LogP contribution in [-0.4, -0.2) is 115 Å². The minimum absolute atomic E-state index is 0.00373. The largest absolute Gasteiger partial charge is 0.391 e. The number of likely N-dealkylation sites (tertiary alicyclic amines) is 1. The number of nitrogens with zero attached hydrogens (tertiary/aromatic N) is 7. The fourth-order valence-electron chi connectivity index (χ4n) is 8.56. The van der Waals surface area contributed by atoms with E-state index in [2.05, 4.69) is 46.1 Å². The summed E-state index contributed by atoms with van der Waals surface area (Å²) in [5, 5.41) is 23.5. The number of nitrogens with one attached hydrogen (secondary N) is 4. The van der Waals surface area contributed by atoms with E-state index in [9.17, 15) is 29.1 Å². The summed E-state index contributed by atoms with van der Waals surface area (Å²) >= 11 is 9.07. The van der Waals surface area contributed by atoms with Crippen LogP contribution >= 0.6 is 34.3 Å². The third-order valence-electron chi connectivity index (χ3n) is 12.5. The zero-order valence-electron chi connectivity index (χ0n) is 40.5. The van der Waals surface area contributed by atoms with Crippen LogP contribution in [-0.2, 0) is 25.7 Å². The highest BCUT2D eigenvalue weighted by atomic mass is 35.5. The molecule has 5 heterocycles. The number of halogens is 1. The summed E-state index contributed by atoms with van der Waals surface area (Å²) in [6.45, 7) is 13.8. The second-order valence-electron chi connectivity index (χ2n) is 18.9. The molecule has 0 saturated carbocycles. The molecule has 20 heteroatoms. The SMILES string of the molecule is Cc1nc(Nc2ncc(C(=O)Nc3c(C)cccc3Cl)s2)cc(N2CCN(C(=O)CCCCCCC(=O)NC(C(=O)N3C[C@H](O)C[C@H]3C(=O)NCc3ccc(-c4scnc4C)cc3)C(C)(C)C)CC2)n1. The minimum atomic E-state index is -0.900. The summed E-state index contributed by atoms with van der Waals surface area (Å²) in [6.07, 6.45) is 4.21. The van der Waals surface area contributed by atoms with E-state index in [-0.39, 0.29) is 49.6 Å². The average Bonchev–Trinajstić information content (AvgIpc) is 4.09. The van der Waals surface area contributed by atoms with Gasteiger partial charge in [-0.25, -0.2) is 19.9 Å². The Balaban J connectivity index is 0.806. The first-order valence-electron chi connectivity index (χ1n) is 23.7. The number of aryl methyl sites for hydroxylation is 3. The van der Waals surface area contributed by atoms with Crippen molar-refractivity contribution in [1.29, 1.82) is 0 Å². The van der Waals surface area contributed by atoms with Gasteiger partial charge in [-0.15, -0.1) is 11.3 Å². The van der Waals surface area contributed by atoms with E-state index in [1.54, 1.807) is 17.4 Å². The molecule has 3 aromatic heterocycles. The van der Waals surface area contributed by atoms with Gasteiger partial charge in [-0.2, -0.15) is 0 Å². The maximum Gasteiger partial charge on any atom is 0.267 e. The molecule has 5 aromatic rings. The summed E-state index contributed by atoms with van der Waals surface area (Å²) < 4.78 is 0. The van der Waals surface area contributed by atoms with Crippen molar-refractivity contribution < 1.29 is 29.1 Å². The number of carbonyl (C=O) groups excluding carboxylic acids is 5. The second-order valence-corrected chi connectivity index (χ2v) is 21.2. The number of aliphatic hydroxyl groups is 1. The number of amides is 5. The fraction of sp³-hybridized carbons (Fsp3) is 0.460. The normalized spacial score (nSPS) is 16.5. The number of unbranched alkanes of at least 4 members (excludes halogenated alkanes) is 3. The van der Waals surface area contributed by atoms with Gasteiger partial charge in [0, 0.05) is 64.6 Å². The van der Waals surface area contributed by atoms with E-state index >= 15 is 0 Å². The van der Waals surface area contributed by atoms with Crippen molar-refractivity contribution in [3.63, 3.8) is 0 Å². The molecule has 2 aliphatic rings. The second kappa shape index (κ2) is 23.3. The molecule has 2 aliphatic heterocycles. The maximum absolute atomic E-state index is 14.1. The van der Waals surface area contributed by atoms with Gasteiger partial charge in [-0.05, 0) is 61.8 Å². The molecule has 17 nitrogen and oxygen atoms in total. The highest BCUT2D eigenvalue weighted by Gasteiger charge is 2.44. The predicted octanol–water partition coefficient (Wildman–Crippen LogP) is 7.43. The lowest BCUT2D eigenvalue weighted by Crippen LogP contribution is -2.57. The molecule has 5 N–H and O–H groups in total. The van der Waals surface area contributed by atoms with Crippen molar-refractivity contribution in [3.8, 4) is 10.4 Å². The molecule has 0 aliphatic carbocycles. The number of piperazine rings is 1. The van der Waals surface area contributed by atoms with Crippen LogP contribution in [0.1, 0.15) is 98.0 Å². The summed E-state index contributed by atoms with van der Waals surface area (Å²) in [5.41, 5.74) is 5.49. The topological polar surface area (TPSA) is 215 Å². The molecule has 5 amide bonds. The Bertz CT molecular complexity index is 2640. The number of para-hydroxylation sites is 1. The zero-order chi connectivity index (χ0) is 50.1. The number of hydrogen-bond donors (Lipinski definition) is 5. The van der Waals surface area contributed by atoms with Crippen molar-refractivity contribution in [2.24, 2.45) is 5.41 Å². The molecule has 1 unspecified atom stereocenters. The number of aliphatic hydroxyl groups excluding tert-OH is 1. The number of hydrogen-bond acceptors (Lipinski definition) is 14. The summed E-state index contributed by atoms with van der Waals surface area (Å²) in [4.78, 5) is 91.7. The first-order chi connectivity index (χ1) is 33.4. The summed E-state index contributed by atoms with van der Waals surface area (Å²) in [5.74, 6) is 0.602. The van der Waals surface area contributed by atoms with Crippen molar-refractivity contribution in [1.82, 2.24) is 40.4 Å². The monoisotopic (exact) mass is 1010 g/mol. The fourth-order valence-corrected chi connectivity index (χ4v) is 10.4. The van der Waals surface area contributed by atoms with Crippen LogP contribution in [0.4, 0.5) is 22.5 Å². The van der Waals surface area contributed by atoms with Gasteiger partial charge in [-0.3, -0.25) is 24.0 Å². The number of aromatic nitrogens is 4. The van der Waals surface area contributed by atoms with Gasteiger partial charge in [-0.1, -0.05) is 92.9 Å². The molecule has 2 saturated heterocycles. The number of benzene rings is 2. The van der Waals surface area contributed by atoms with E-state index in [0.29, 0.717) is 77.8 Å². The Morgan fingerprint density at radius 3 is 2.33 bits per heavy atom. The van der Waals surface area contributed by atoms with Crippen molar-refractivity contribution in [3.05, 3.63) is 92.8 Å². The lowest BCUT2D eigenvalue weighted by molar-refractivity contribution is -0.144. The Labute approximate surface area is 421 Å². The molecular weight excluding hydrogens is 950 g/mol. The Morgan fingerprint density at radius 2 is 1.64 bits per heavy atom. The quantitative estimate of drug-likeness (QED) is 0.0542. The Morgan fingerprint density at radius 1 is 0.914 bits per heavy atom. The van der Waals surface area contributed by atoms with Crippen molar-refractivity contribution in [2.45, 2.75) is 111 Å². The minimum Gasteiger partial charge on any atom is -0.391 e. The van der Waals surface area contributed by atoms with Crippen LogP contribution in [0.3, 0.4) is 0 Å². The van der Waals surface area contributed by atoms with Crippen LogP contribution in [0, 0.1) is 26.2 Å². The van der Waals surface area contributed by atoms with Gasteiger partial charge >= 0.3 is 0 Å². The van der Waals surface area contributed by atoms with Crippen LogP contribution in [0.25, 0.3) is 10.4 Å².